The molecular formula is C9H17N3O2. The van der Waals surface area contributed by atoms with Gasteiger partial charge in [-0.2, -0.15) is 4.98 Å². The maximum absolute atomic E-state index is 5.19. The van der Waals surface area contributed by atoms with Gasteiger partial charge in [-0.15, -0.1) is 0 Å². The number of nitrogens with zero attached hydrogens (tertiary/aromatic N) is 2. The Bertz CT molecular complexity index is 250. The molecule has 0 saturated carbocycles. The fraction of sp³-hybridized carbons (Fsp3) is 0.778. The van der Waals surface area contributed by atoms with Gasteiger partial charge in [-0.3, -0.25) is 0 Å². The number of aromatic nitrogens is 2. The van der Waals surface area contributed by atoms with Gasteiger partial charge in [-0.1, -0.05) is 5.16 Å². The lowest BCUT2D eigenvalue weighted by molar-refractivity contribution is 0.144. The molecule has 1 aromatic rings. The highest BCUT2D eigenvalue weighted by molar-refractivity contribution is 4.87. The number of hydrogen-bond donors (Lipinski definition) is 1. The van der Waals surface area contributed by atoms with Crippen molar-refractivity contribution in [3.8, 4) is 0 Å². The molecule has 1 aromatic heterocycles. The summed E-state index contributed by atoms with van der Waals surface area (Å²) in [4.78, 5) is 4.22. The molecule has 0 spiro atoms. The van der Waals surface area contributed by atoms with Crippen molar-refractivity contribution in [1.82, 2.24) is 15.5 Å². The van der Waals surface area contributed by atoms with Crippen LogP contribution in [-0.2, 0) is 17.6 Å². The first-order chi connectivity index (χ1) is 6.86. The number of nitrogens with one attached hydrogen (secondary N) is 1. The average Bonchev–Trinajstić information content (AvgIpc) is 2.63. The lowest BCUT2D eigenvalue weighted by atomic mass is 10.4. The van der Waals surface area contributed by atoms with E-state index in [0.29, 0.717) is 18.9 Å². The number of ether oxygens (including phenoxy) is 1. The topological polar surface area (TPSA) is 60.2 Å². The van der Waals surface area contributed by atoms with Crippen LogP contribution in [0.5, 0.6) is 0 Å². The van der Waals surface area contributed by atoms with E-state index in [2.05, 4.69) is 15.5 Å². The molecular weight excluding hydrogens is 182 g/mol. The quantitative estimate of drug-likeness (QED) is 0.644. The van der Waals surface area contributed by atoms with E-state index in [1.807, 2.05) is 14.0 Å². The van der Waals surface area contributed by atoms with E-state index in [1.54, 1.807) is 0 Å². The molecule has 0 aliphatic carbocycles. The SMILES string of the molecule is CCOCCc1nc(CCNC)no1. The van der Waals surface area contributed by atoms with Crippen LogP contribution in [0.2, 0.25) is 0 Å². The van der Waals surface area contributed by atoms with Crippen LogP contribution in [0.4, 0.5) is 0 Å². The van der Waals surface area contributed by atoms with Gasteiger partial charge in [0.05, 0.1) is 13.0 Å². The third kappa shape index (κ3) is 3.85. The first-order valence-corrected chi connectivity index (χ1v) is 4.90. The minimum Gasteiger partial charge on any atom is -0.381 e. The largest absolute Gasteiger partial charge is 0.381 e. The van der Waals surface area contributed by atoms with Crippen LogP contribution in [0.15, 0.2) is 4.52 Å². The molecule has 0 unspecified atom stereocenters. The molecule has 5 heteroatoms. The Balaban J connectivity index is 2.27. The van der Waals surface area contributed by atoms with Crippen molar-refractivity contribution in [3.05, 3.63) is 11.7 Å². The predicted molar refractivity (Wildman–Crippen MR) is 52.1 cm³/mol. The van der Waals surface area contributed by atoms with Crippen LogP contribution < -0.4 is 5.32 Å². The van der Waals surface area contributed by atoms with Gasteiger partial charge in [0.25, 0.3) is 0 Å². The van der Waals surface area contributed by atoms with Gasteiger partial charge >= 0.3 is 0 Å². The Kier molecular flexibility index (Phi) is 5.17. The van der Waals surface area contributed by atoms with Gasteiger partial charge in [0, 0.05) is 19.6 Å². The van der Waals surface area contributed by atoms with Crippen molar-refractivity contribution in [1.29, 1.82) is 0 Å². The Morgan fingerprint density at radius 3 is 3.00 bits per heavy atom. The van der Waals surface area contributed by atoms with E-state index >= 15 is 0 Å². The van der Waals surface area contributed by atoms with E-state index in [-0.39, 0.29) is 0 Å². The third-order valence-electron chi connectivity index (χ3n) is 1.77. The first kappa shape index (κ1) is 11.1. The van der Waals surface area contributed by atoms with Crippen LogP contribution >= 0.6 is 0 Å². The van der Waals surface area contributed by atoms with Gasteiger partial charge in [0.2, 0.25) is 5.89 Å². The second kappa shape index (κ2) is 6.50. The molecule has 1 heterocycles. The minimum absolute atomic E-state index is 0.643. The number of likely N-dealkylation sites (N-methyl/N-ethyl adjacent to an activating group) is 1. The van der Waals surface area contributed by atoms with E-state index in [4.69, 9.17) is 9.26 Å². The highest BCUT2D eigenvalue weighted by Gasteiger charge is 2.04. The molecule has 0 aromatic carbocycles. The Labute approximate surface area is 83.8 Å². The van der Waals surface area contributed by atoms with E-state index in [1.165, 1.54) is 0 Å². The number of rotatable bonds is 7. The summed E-state index contributed by atoms with van der Waals surface area (Å²) in [5, 5.41) is 6.88. The third-order valence-corrected chi connectivity index (χ3v) is 1.77. The van der Waals surface area contributed by atoms with Gasteiger partial charge in [0.15, 0.2) is 5.82 Å². The smallest absolute Gasteiger partial charge is 0.228 e. The summed E-state index contributed by atoms with van der Waals surface area (Å²) < 4.78 is 10.2. The van der Waals surface area contributed by atoms with Crippen LogP contribution in [0.1, 0.15) is 18.6 Å². The Morgan fingerprint density at radius 2 is 2.29 bits per heavy atom. The maximum Gasteiger partial charge on any atom is 0.228 e. The van der Waals surface area contributed by atoms with Crippen molar-refractivity contribution >= 4 is 0 Å². The second-order valence-corrected chi connectivity index (χ2v) is 2.90. The van der Waals surface area contributed by atoms with Gasteiger partial charge < -0.3 is 14.6 Å². The summed E-state index contributed by atoms with van der Waals surface area (Å²) in [5.41, 5.74) is 0. The van der Waals surface area contributed by atoms with Crippen molar-refractivity contribution < 1.29 is 9.26 Å². The Hall–Kier alpha value is -0.940. The zero-order chi connectivity index (χ0) is 10.2. The van der Waals surface area contributed by atoms with E-state index < -0.39 is 0 Å². The Morgan fingerprint density at radius 1 is 1.43 bits per heavy atom. The zero-order valence-electron chi connectivity index (χ0n) is 8.75. The van der Waals surface area contributed by atoms with Crippen molar-refractivity contribution in [2.75, 3.05) is 26.8 Å². The minimum atomic E-state index is 0.643. The average molecular weight is 199 g/mol. The highest BCUT2D eigenvalue weighted by atomic mass is 16.5. The number of hydrogen-bond acceptors (Lipinski definition) is 5. The molecule has 1 rings (SSSR count). The molecule has 1 N–H and O–H groups in total. The normalized spacial score (nSPS) is 10.7. The first-order valence-electron chi connectivity index (χ1n) is 4.90. The monoisotopic (exact) mass is 199 g/mol. The van der Waals surface area contributed by atoms with E-state index in [9.17, 15) is 0 Å². The molecule has 0 atom stereocenters. The lowest BCUT2D eigenvalue weighted by Gasteiger charge is -1.94. The lowest BCUT2D eigenvalue weighted by Crippen LogP contribution is -2.11. The molecule has 14 heavy (non-hydrogen) atoms. The molecule has 0 aliphatic rings. The fourth-order valence-corrected chi connectivity index (χ4v) is 1.03. The molecule has 0 fully saturated rings. The summed E-state index contributed by atoms with van der Waals surface area (Å²) in [5.74, 6) is 1.41. The molecule has 5 nitrogen and oxygen atoms in total. The molecule has 0 aliphatic heterocycles. The molecule has 0 bridgehead atoms. The van der Waals surface area contributed by atoms with Crippen LogP contribution in [0.3, 0.4) is 0 Å². The predicted octanol–water partition coefficient (Wildman–Crippen LogP) is 0.410. The maximum atomic E-state index is 5.19. The van der Waals surface area contributed by atoms with Gasteiger partial charge in [0.1, 0.15) is 0 Å². The second-order valence-electron chi connectivity index (χ2n) is 2.90. The fourth-order valence-electron chi connectivity index (χ4n) is 1.03. The zero-order valence-corrected chi connectivity index (χ0v) is 8.75. The summed E-state index contributed by atoms with van der Waals surface area (Å²) in [7, 11) is 1.90. The highest BCUT2D eigenvalue weighted by Crippen LogP contribution is 1.99. The standard InChI is InChI=1S/C9H17N3O2/c1-3-13-7-5-9-11-8(12-14-9)4-6-10-2/h10H,3-7H2,1-2H3. The van der Waals surface area contributed by atoms with Crippen LogP contribution in [-0.4, -0.2) is 36.9 Å². The summed E-state index contributed by atoms with van der Waals surface area (Å²) in [6.45, 7) is 4.20. The van der Waals surface area contributed by atoms with Gasteiger partial charge in [-0.25, -0.2) is 0 Å². The summed E-state index contributed by atoms with van der Waals surface area (Å²) in [6, 6.07) is 0. The molecule has 0 saturated heterocycles. The summed E-state index contributed by atoms with van der Waals surface area (Å²) in [6.07, 6.45) is 1.50. The van der Waals surface area contributed by atoms with Gasteiger partial charge in [-0.05, 0) is 14.0 Å². The van der Waals surface area contributed by atoms with E-state index in [0.717, 1.165) is 25.4 Å². The molecule has 0 radical (unpaired) electrons. The summed E-state index contributed by atoms with van der Waals surface area (Å²) >= 11 is 0. The van der Waals surface area contributed by atoms with Crippen molar-refractivity contribution in [2.24, 2.45) is 0 Å². The van der Waals surface area contributed by atoms with Crippen molar-refractivity contribution in [2.45, 2.75) is 19.8 Å². The van der Waals surface area contributed by atoms with Crippen LogP contribution in [0, 0.1) is 0 Å². The van der Waals surface area contributed by atoms with Crippen molar-refractivity contribution in [3.63, 3.8) is 0 Å². The van der Waals surface area contributed by atoms with Crippen LogP contribution in [0.25, 0.3) is 0 Å². The molecule has 0 amide bonds. The molecule has 80 valence electrons.